The molecule has 0 bridgehead atoms. The zero-order valence-electron chi connectivity index (χ0n) is 14.1. The third-order valence-electron chi connectivity index (χ3n) is 3.80. The number of rotatable bonds is 6. The van der Waals surface area contributed by atoms with E-state index < -0.39 is 16.7 Å². The van der Waals surface area contributed by atoms with Crippen molar-refractivity contribution in [1.29, 1.82) is 5.26 Å². The summed E-state index contributed by atoms with van der Waals surface area (Å²) in [5, 5.41) is 24.2. The molecule has 0 unspecified atom stereocenters. The van der Waals surface area contributed by atoms with Crippen molar-refractivity contribution in [2.75, 3.05) is 5.75 Å². The molecule has 2 rings (SSSR count). The maximum Gasteiger partial charge on any atom is 0.269 e. The highest BCUT2D eigenvalue weighted by Crippen LogP contribution is 2.41. The number of amides is 1. The van der Waals surface area contributed by atoms with Gasteiger partial charge in [0.2, 0.25) is 5.91 Å². The van der Waals surface area contributed by atoms with Crippen molar-refractivity contribution in [2.45, 2.75) is 19.8 Å². The number of carbonyl (C=O) groups is 2. The van der Waals surface area contributed by atoms with Crippen molar-refractivity contribution in [3.05, 3.63) is 61.8 Å². The second-order valence-electron chi connectivity index (χ2n) is 5.61. The summed E-state index contributed by atoms with van der Waals surface area (Å²) in [6.07, 6.45) is 0. The van der Waals surface area contributed by atoms with Crippen molar-refractivity contribution in [2.24, 2.45) is 5.73 Å². The molecule has 1 amide bonds. The van der Waals surface area contributed by atoms with E-state index in [0.29, 0.717) is 21.9 Å². The average Bonchev–Trinajstić information content (AvgIpc) is 2.58. The van der Waals surface area contributed by atoms with E-state index in [1.54, 1.807) is 13.0 Å². The minimum atomic E-state index is -0.756. The number of hydrogen-bond acceptors (Lipinski definition) is 7. The fourth-order valence-corrected chi connectivity index (χ4v) is 3.62. The summed E-state index contributed by atoms with van der Waals surface area (Å²) in [7, 11) is 0. The Morgan fingerprint density at radius 2 is 2.15 bits per heavy atom. The van der Waals surface area contributed by atoms with Crippen molar-refractivity contribution < 1.29 is 14.5 Å². The number of hydrogen-bond donors (Lipinski definition) is 2. The van der Waals surface area contributed by atoms with Crippen LogP contribution in [0, 0.1) is 21.4 Å². The molecule has 1 aliphatic rings. The van der Waals surface area contributed by atoms with Gasteiger partial charge in [-0.1, -0.05) is 23.9 Å². The fraction of sp³-hybridized carbons (Fsp3) is 0.235. The number of nitrogens with zero attached hydrogens (tertiary/aromatic N) is 2. The summed E-state index contributed by atoms with van der Waals surface area (Å²) in [6, 6.07) is 7.90. The zero-order valence-corrected chi connectivity index (χ0v) is 14.9. The maximum absolute atomic E-state index is 12.2. The van der Waals surface area contributed by atoms with Crippen molar-refractivity contribution >= 4 is 29.1 Å². The van der Waals surface area contributed by atoms with Crippen molar-refractivity contribution in [1.82, 2.24) is 5.32 Å². The Morgan fingerprint density at radius 3 is 2.69 bits per heavy atom. The topological polar surface area (TPSA) is 139 Å². The van der Waals surface area contributed by atoms with Gasteiger partial charge in [0.15, 0.2) is 5.78 Å². The summed E-state index contributed by atoms with van der Waals surface area (Å²) in [5.41, 5.74) is 6.59. The highest BCUT2D eigenvalue weighted by molar-refractivity contribution is 8.03. The van der Waals surface area contributed by atoms with E-state index >= 15 is 0 Å². The monoisotopic (exact) mass is 372 g/mol. The molecule has 0 radical (unpaired) electrons. The van der Waals surface area contributed by atoms with Crippen LogP contribution in [0.1, 0.15) is 25.3 Å². The molecule has 0 spiro atoms. The van der Waals surface area contributed by atoms with Crippen LogP contribution in [0.4, 0.5) is 5.69 Å². The van der Waals surface area contributed by atoms with E-state index in [9.17, 15) is 25.0 Å². The van der Waals surface area contributed by atoms with Gasteiger partial charge in [-0.15, -0.1) is 0 Å². The number of allylic oxidation sites excluding steroid dienone is 3. The van der Waals surface area contributed by atoms with Crippen LogP contribution in [0.2, 0.25) is 0 Å². The van der Waals surface area contributed by atoms with E-state index in [1.807, 2.05) is 0 Å². The number of nitrogens with two attached hydrogens (primary N) is 1. The summed E-state index contributed by atoms with van der Waals surface area (Å²) in [5.74, 6) is -1.60. The summed E-state index contributed by atoms with van der Waals surface area (Å²) in [4.78, 5) is 33.8. The first-order valence-electron chi connectivity index (χ1n) is 7.54. The number of dihydropyridines is 1. The van der Waals surface area contributed by atoms with E-state index in [4.69, 9.17) is 5.73 Å². The number of nitrogens with one attached hydrogen (secondary N) is 1. The number of nitro benzene ring substituents is 1. The zero-order chi connectivity index (χ0) is 19.4. The predicted octanol–water partition coefficient (Wildman–Crippen LogP) is 2.10. The quantitative estimate of drug-likeness (QED) is 0.575. The van der Waals surface area contributed by atoms with Gasteiger partial charge in [0, 0.05) is 23.4 Å². The summed E-state index contributed by atoms with van der Waals surface area (Å²) >= 11 is 1.06. The lowest BCUT2D eigenvalue weighted by Crippen LogP contribution is -2.28. The minimum absolute atomic E-state index is 0.0438. The van der Waals surface area contributed by atoms with Crippen molar-refractivity contribution in [3.8, 4) is 6.07 Å². The van der Waals surface area contributed by atoms with Crippen LogP contribution in [0.15, 0.2) is 46.1 Å². The number of carbonyl (C=O) groups excluding carboxylic acids is 2. The van der Waals surface area contributed by atoms with E-state index in [1.165, 1.54) is 25.1 Å². The Kier molecular flexibility index (Phi) is 5.79. The molecular formula is C17H16N4O4S. The number of Topliss-reactive ketones (excluding diaryl/α,β-unsaturated/α-hetero) is 1. The first kappa shape index (κ1) is 19.2. The van der Waals surface area contributed by atoms with Gasteiger partial charge in [0.05, 0.1) is 33.3 Å². The molecule has 134 valence electrons. The highest BCUT2D eigenvalue weighted by atomic mass is 32.2. The average molecular weight is 372 g/mol. The molecule has 1 heterocycles. The third kappa shape index (κ3) is 3.92. The fourth-order valence-electron chi connectivity index (χ4n) is 2.79. The molecule has 0 fully saturated rings. The molecule has 1 atom stereocenters. The maximum atomic E-state index is 12.2. The second kappa shape index (κ2) is 7.84. The predicted molar refractivity (Wildman–Crippen MR) is 96.6 cm³/mol. The molecule has 0 saturated carbocycles. The first-order valence-corrected chi connectivity index (χ1v) is 8.53. The number of primary amides is 1. The van der Waals surface area contributed by atoms with Crippen LogP contribution >= 0.6 is 11.8 Å². The lowest BCUT2D eigenvalue weighted by atomic mass is 9.81. The number of ketones is 1. The summed E-state index contributed by atoms with van der Waals surface area (Å²) in [6.45, 7) is 3.06. The summed E-state index contributed by atoms with van der Waals surface area (Å²) < 4.78 is 0. The Hall–Kier alpha value is -3.12. The molecular weight excluding hydrogens is 356 g/mol. The van der Waals surface area contributed by atoms with Crippen LogP contribution in [-0.2, 0) is 9.59 Å². The van der Waals surface area contributed by atoms with Crippen LogP contribution in [-0.4, -0.2) is 22.4 Å². The molecule has 3 N–H and O–H groups in total. The van der Waals surface area contributed by atoms with E-state index in [-0.39, 0.29) is 22.8 Å². The van der Waals surface area contributed by atoms with Crippen molar-refractivity contribution in [3.63, 3.8) is 0 Å². The Bertz CT molecular complexity index is 898. The van der Waals surface area contributed by atoms with Gasteiger partial charge < -0.3 is 11.1 Å². The number of nitro groups is 1. The molecule has 1 aromatic rings. The SMILES string of the molecule is CC(=O)C1=C(C)NC(SCC(N)=O)=C(C#N)[C@@H]1c1cccc([N+](=O)[O-])c1. The number of benzene rings is 1. The molecule has 8 nitrogen and oxygen atoms in total. The van der Waals surface area contributed by atoms with Crippen LogP contribution in [0.5, 0.6) is 0 Å². The van der Waals surface area contributed by atoms with Gasteiger partial charge in [-0.25, -0.2) is 0 Å². The van der Waals surface area contributed by atoms with E-state index in [0.717, 1.165) is 11.8 Å². The Balaban J connectivity index is 2.64. The Labute approximate surface area is 153 Å². The van der Waals surface area contributed by atoms with Gasteiger partial charge in [-0.3, -0.25) is 19.7 Å². The normalized spacial score (nSPS) is 16.7. The number of non-ortho nitro benzene ring substituents is 1. The molecule has 0 saturated heterocycles. The number of nitriles is 1. The lowest BCUT2D eigenvalue weighted by Gasteiger charge is -2.29. The molecule has 0 aliphatic carbocycles. The molecule has 1 aliphatic heterocycles. The lowest BCUT2D eigenvalue weighted by molar-refractivity contribution is -0.384. The largest absolute Gasteiger partial charge is 0.369 e. The van der Waals surface area contributed by atoms with E-state index in [2.05, 4.69) is 11.4 Å². The van der Waals surface area contributed by atoms with Gasteiger partial charge >= 0.3 is 0 Å². The first-order chi connectivity index (χ1) is 12.3. The Morgan fingerprint density at radius 1 is 1.46 bits per heavy atom. The second-order valence-corrected chi connectivity index (χ2v) is 6.60. The standard InChI is InChI=1S/C17H16N4O4S/c1-9-15(10(2)22)16(11-4-3-5-12(6-11)21(24)25)13(7-18)17(20-9)26-8-14(19)23/h3-6,16,20H,8H2,1-2H3,(H2,19,23)/t16-/m0/s1. The van der Waals surface area contributed by atoms with Gasteiger partial charge in [-0.2, -0.15) is 5.26 Å². The number of thioether (sulfide) groups is 1. The molecule has 1 aromatic carbocycles. The molecule has 26 heavy (non-hydrogen) atoms. The highest BCUT2D eigenvalue weighted by Gasteiger charge is 2.33. The molecule has 0 aromatic heterocycles. The van der Waals surface area contributed by atoms with Gasteiger partial charge in [-0.05, 0) is 19.4 Å². The van der Waals surface area contributed by atoms with Crippen LogP contribution in [0.3, 0.4) is 0 Å². The third-order valence-corrected chi connectivity index (χ3v) is 4.84. The van der Waals surface area contributed by atoms with Crippen LogP contribution in [0.25, 0.3) is 0 Å². The molecule has 9 heteroatoms. The van der Waals surface area contributed by atoms with Gasteiger partial charge in [0.1, 0.15) is 0 Å². The smallest absolute Gasteiger partial charge is 0.269 e. The van der Waals surface area contributed by atoms with Gasteiger partial charge in [0.25, 0.3) is 5.69 Å². The van der Waals surface area contributed by atoms with Crippen LogP contribution < -0.4 is 11.1 Å². The minimum Gasteiger partial charge on any atom is -0.369 e.